The summed E-state index contributed by atoms with van der Waals surface area (Å²) in [5, 5.41) is 3.12. The maximum Gasteiger partial charge on any atom is 0.266 e. The number of ether oxygens (including phenoxy) is 1. The lowest BCUT2D eigenvalue weighted by Crippen LogP contribution is -2.20. The molecule has 0 bridgehead atoms. The maximum atomic E-state index is 11.8. The predicted octanol–water partition coefficient (Wildman–Crippen LogP) is 1.82. The van der Waals surface area contributed by atoms with Gasteiger partial charge in [0.15, 0.2) is 5.75 Å². The van der Waals surface area contributed by atoms with E-state index in [1.165, 1.54) is 11.8 Å². The van der Waals surface area contributed by atoms with Crippen LogP contribution in [0.15, 0.2) is 35.1 Å². The standard InChI is InChI=1S/C11H10N2O2S/c1-13-6-16-9(11(13)14)10-12-7-4-2-3-5-8(7)15-10/h2-5,12H,6H2,1H3. The number of nitrogens with one attached hydrogen (secondary N) is 1. The van der Waals surface area contributed by atoms with E-state index >= 15 is 0 Å². The topological polar surface area (TPSA) is 41.6 Å². The van der Waals surface area contributed by atoms with Crippen molar-refractivity contribution in [2.75, 3.05) is 18.2 Å². The molecule has 2 aliphatic heterocycles. The molecule has 0 spiro atoms. The number of likely N-dealkylation sites (N-methyl/N-ethyl adjacent to an activating group) is 1. The molecule has 5 heteroatoms. The fraction of sp³-hybridized carbons (Fsp3) is 0.182. The first-order chi connectivity index (χ1) is 7.75. The molecule has 1 N–H and O–H groups in total. The first-order valence-corrected chi connectivity index (χ1v) is 5.91. The Bertz CT molecular complexity index is 472. The molecular weight excluding hydrogens is 224 g/mol. The van der Waals surface area contributed by atoms with Crippen LogP contribution >= 0.6 is 11.8 Å². The van der Waals surface area contributed by atoms with E-state index in [1.807, 2.05) is 24.3 Å². The Morgan fingerprint density at radius 1 is 1.44 bits per heavy atom. The monoisotopic (exact) mass is 234 g/mol. The zero-order valence-electron chi connectivity index (χ0n) is 8.69. The SMILES string of the molecule is CN1CSC(=C2Nc3ccccc3O2)C1=O. The van der Waals surface area contributed by atoms with E-state index in [4.69, 9.17) is 4.74 Å². The van der Waals surface area contributed by atoms with Gasteiger partial charge in [-0.1, -0.05) is 23.9 Å². The summed E-state index contributed by atoms with van der Waals surface area (Å²) < 4.78 is 5.61. The summed E-state index contributed by atoms with van der Waals surface area (Å²) in [7, 11) is 1.78. The lowest BCUT2D eigenvalue weighted by atomic mass is 10.3. The van der Waals surface area contributed by atoms with Crippen LogP contribution in [0.3, 0.4) is 0 Å². The van der Waals surface area contributed by atoms with Gasteiger partial charge in [0.05, 0.1) is 11.6 Å². The third-order valence-corrected chi connectivity index (χ3v) is 3.66. The number of hydrogen-bond acceptors (Lipinski definition) is 4. The zero-order valence-corrected chi connectivity index (χ0v) is 9.50. The summed E-state index contributed by atoms with van der Waals surface area (Å²) >= 11 is 1.49. The van der Waals surface area contributed by atoms with Crippen LogP contribution < -0.4 is 10.1 Å². The Balaban J connectivity index is 1.96. The quantitative estimate of drug-likeness (QED) is 0.695. The van der Waals surface area contributed by atoms with E-state index in [2.05, 4.69) is 5.32 Å². The third-order valence-electron chi connectivity index (χ3n) is 2.50. The lowest BCUT2D eigenvalue weighted by Gasteiger charge is -2.04. The summed E-state index contributed by atoms with van der Waals surface area (Å²) in [6.07, 6.45) is 0. The molecule has 2 aliphatic rings. The summed E-state index contributed by atoms with van der Waals surface area (Å²) in [5.41, 5.74) is 0.910. The van der Waals surface area contributed by atoms with Crippen molar-refractivity contribution in [3.8, 4) is 5.75 Å². The van der Waals surface area contributed by atoms with Crippen LogP contribution in [-0.2, 0) is 4.79 Å². The van der Waals surface area contributed by atoms with Gasteiger partial charge in [0.2, 0.25) is 5.88 Å². The fourth-order valence-electron chi connectivity index (χ4n) is 1.64. The van der Waals surface area contributed by atoms with E-state index in [0.717, 1.165) is 11.4 Å². The summed E-state index contributed by atoms with van der Waals surface area (Å²) in [6.45, 7) is 0. The van der Waals surface area contributed by atoms with Crippen LogP contribution in [0.5, 0.6) is 5.75 Å². The van der Waals surface area contributed by atoms with Crippen molar-refractivity contribution >= 4 is 23.4 Å². The number of nitrogens with zero attached hydrogens (tertiary/aromatic N) is 1. The Kier molecular flexibility index (Phi) is 2.07. The molecule has 0 aromatic heterocycles. The van der Waals surface area contributed by atoms with Crippen molar-refractivity contribution in [3.63, 3.8) is 0 Å². The van der Waals surface area contributed by atoms with Crippen LogP contribution in [0.4, 0.5) is 5.69 Å². The number of carbonyl (C=O) groups excluding carboxylic acids is 1. The molecule has 3 rings (SSSR count). The average molecular weight is 234 g/mol. The highest BCUT2D eigenvalue weighted by Gasteiger charge is 2.31. The van der Waals surface area contributed by atoms with Gasteiger partial charge in [-0.05, 0) is 12.1 Å². The molecule has 16 heavy (non-hydrogen) atoms. The second kappa shape index (κ2) is 3.45. The number of hydrogen-bond donors (Lipinski definition) is 1. The molecule has 1 saturated heterocycles. The maximum absolute atomic E-state index is 11.8. The van der Waals surface area contributed by atoms with Gasteiger partial charge >= 0.3 is 0 Å². The summed E-state index contributed by atoms with van der Waals surface area (Å²) in [4.78, 5) is 14.1. The molecule has 0 aliphatic carbocycles. The fourth-order valence-corrected chi connectivity index (χ4v) is 2.58. The molecule has 82 valence electrons. The van der Waals surface area contributed by atoms with Crippen LogP contribution in [0, 0.1) is 0 Å². The molecule has 2 heterocycles. The lowest BCUT2D eigenvalue weighted by molar-refractivity contribution is -0.123. The second-order valence-corrected chi connectivity index (χ2v) is 4.61. The summed E-state index contributed by atoms with van der Waals surface area (Å²) in [5.74, 6) is 2.02. The number of anilines is 1. The normalized spacial score (nSPS) is 23.1. The smallest absolute Gasteiger partial charge is 0.266 e. The van der Waals surface area contributed by atoms with Gasteiger partial charge < -0.3 is 15.0 Å². The highest BCUT2D eigenvalue weighted by Crippen LogP contribution is 2.38. The van der Waals surface area contributed by atoms with E-state index in [-0.39, 0.29) is 5.91 Å². The molecule has 0 radical (unpaired) electrons. The van der Waals surface area contributed by atoms with Crippen molar-refractivity contribution < 1.29 is 9.53 Å². The van der Waals surface area contributed by atoms with Crippen molar-refractivity contribution in [1.82, 2.24) is 4.90 Å². The summed E-state index contributed by atoms with van der Waals surface area (Å²) in [6, 6.07) is 7.64. The number of fused-ring (bicyclic) bond motifs is 1. The van der Waals surface area contributed by atoms with Gasteiger partial charge in [0.1, 0.15) is 4.91 Å². The number of benzene rings is 1. The zero-order chi connectivity index (χ0) is 11.1. The van der Waals surface area contributed by atoms with E-state index in [9.17, 15) is 4.79 Å². The van der Waals surface area contributed by atoms with Crippen molar-refractivity contribution in [2.45, 2.75) is 0 Å². The second-order valence-electron chi connectivity index (χ2n) is 3.66. The highest BCUT2D eigenvalue weighted by molar-refractivity contribution is 8.04. The van der Waals surface area contributed by atoms with Crippen molar-refractivity contribution in [1.29, 1.82) is 0 Å². The minimum atomic E-state index is 0.0142. The minimum absolute atomic E-state index is 0.0142. The molecule has 1 fully saturated rings. The Hall–Kier alpha value is -1.62. The number of rotatable bonds is 0. The molecule has 4 nitrogen and oxygen atoms in total. The first kappa shape index (κ1) is 9.59. The van der Waals surface area contributed by atoms with Crippen LogP contribution in [-0.4, -0.2) is 23.7 Å². The van der Waals surface area contributed by atoms with Crippen LogP contribution in [0.25, 0.3) is 0 Å². The highest BCUT2D eigenvalue weighted by atomic mass is 32.2. The minimum Gasteiger partial charge on any atom is -0.437 e. The third kappa shape index (κ3) is 1.36. The van der Waals surface area contributed by atoms with Gasteiger partial charge in [0.25, 0.3) is 5.91 Å². The molecule has 1 amide bonds. The molecule has 0 unspecified atom stereocenters. The van der Waals surface area contributed by atoms with Crippen molar-refractivity contribution in [3.05, 3.63) is 35.1 Å². The largest absolute Gasteiger partial charge is 0.437 e. The number of para-hydroxylation sites is 2. The predicted molar refractivity (Wildman–Crippen MR) is 62.9 cm³/mol. The number of thioether (sulfide) groups is 1. The Morgan fingerprint density at radius 3 is 2.94 bits per heavy atom. The molecule has 0 atom stereocenters. The van der Waals surface area contributed by atoms with E-state index in [0.29, 0.717) is 16.7 Å². The van der Waals surface area contributed by atoms with Crippen molar-refractivity contribution in [2.24, 2.45) is 0 Å². The molecule has 1 aromatic rings. The van der Waals surface area contributed by atoms with Gasteiger partial charge in [-0.3, -0.25) is 4.79 Å². The van der Waals surface area contributed by atoms with Gasteiger partial charge in [-0.15, -0.1) is 0 Å². The van der Waals surface area contributed by atoms with Crippen LogP contribution in [0.2, 0.25) is 0 Å². The number of carbonyl (C=O) groups is 1. The van der Waals surface area contributed by atoms with Gasteiger partial charge in [0, 0.05) is 7.05 Å². The first-order valence-electron chi connectivity index (χ1n) is 4.92. The molecular formula is C11H10N2O2S. The van der Waals surface area contributed by atoms with Gasteiger partial charge in [-0.25, -0.2) is 0 Å². The molecule has 1 aromatic carbocycles. The number of amides is 1. The Morgan fingerprint density at radius 2 is 2.25 bits per heavy atom. The van der Waals surface area contributed by atoms with Crippen LogP contribution in [0.1, 0.15) is 0 Å². The van der Waals surface area contributed by atoms with E-state index < -0.39 is 0 Å². The Labute approximate surface area is 97.3 Å². The average Bonchev–Trinajstić information content (AvgIpc) is 2.84. The van der Waals surface area contributed by atoms with E-state index in [1.54, 1.807) is 11.9 Å². The van der Waals surface area contributed by atoms with Gasteiger partial charge in [-0.2, -0.15) is 0 Å². The molecule has 0 saturated carbocycles.